The lowest BCUT2D eigenvalue weighted by molar-refractivity contribution is 0.267. The number of nitrogens with zero attached hydrogens (tertiary/aromatic N) is 1. The van der Waals surface area contributed by atoms with Crippen LogP contribution in [0.1, 0.15) is 37.7 Å². The van der Waals surface area contributed by atoms with Gasteiger partial charge in [-0.15, -0.1) is 0 Å². The molecule has 1 unspecified atom stereocenters. The van der Waals surface area contributed by atoms with Crippen molar-refractivity contribution in [1.29, 1.82) is 0 Å². The summed E-state index contributed by atoms with van der Waals surface area (Å²) in [5.41, 5.74) is 8.03. The van der Waals surface area contributed by atoms with E-state index in [9.17, 15) is 0 Å². The Morgan fingerprint density at radius 1 is 1.11 bits per heavy atom. The molecule has 2 nitrogen and oxygen atoms in total. The summed E-state index contributed by atoms with van der Waals surface area (Å²) in [6.45, 7) is 3.56. The molecule has 2 heteroatoms. The third kappa shape index (κ3) is 2.76. The molecule has 0 aromatic heterocycles. The minimum Gasteiger partial charge on any atom is -0.325 e. The van der Waals surface area contributed by atoms with E-state index >= 15 is 0 Å². The van der Waals surface area contributed by atoms with Crippen molar-refractivity contribution >= 4 is 0 Å². The third-order valence-electron chi connectivity index (χ3n) is 4.71. The van der Waals surface area contributed by atoms with Crippen molar-refractivity contribution in [2.75, 3.05) is 13.1 Å². The molecule has 2 N–H and O–H groups in total. The molecular weight excluding hydrogens is 220 g/mol. The van der Waals surface area contributed by atoms with Crippen molar-refractivity contribution in [3.63, 3.8) is 0 Å². The van der Waals surface area contributed by atoms with Crippen molar-refractivity contribution in [2.45, 2.75) is 44.2 Å². The highest BCUT2D eigenvalue weighted by Crippen LogP contribution is 2.44. The molecule has 2 aliphatic rings. The van der Waals surface area contributed by atoms with E-state index in [1.54, 1.807) is 0 Å². The standard InChI is InChI=1S/C16H24N2/c17-16(9-10-16)15-7-4-11-18(12-8-15)13-14-5-2-1-3-6-14/h1-3,5-6,15H,4,7-13,17H2. The first-order valence-corrected chi connectivity index (χ1v) is 7.31. The molecule has 3 rings (SSSR count). The van der Waals surface area contributed by atoms with Gasteiger partial charge in [0.25, 0.3) is 0 Å². The first-order chi connectivity index (χ1) is 8.76. The Labute approximate surface area is 110 Å². The smallest absolute Gasteiger partial charge is 0.0233 e. The van der Waals surface area contributed by atoms with E-state index < -0.39 is 0 Å². The fourth-order valence-corrected chi connectivity index (χ4v) is 3.28. The van der Waals surface area contributed by atoms with Crippen LogP contribution in [0.3, 0.4) is 0 Å². The van der Waals surface area contributed by atoms with E-state index in [1.165, 1.54) is 50.8 Å². The zero-order valence-electron chi connectivity index (χ0n) is 11.1. The minimum atomic E-state index is 0.225. The van der Waals surface area contributed by atoms with Gasteiger partial charge in [-0.1, -0.05) is 30.3 Å². The molecule has 1 heterocycles. The summed E-state index contributed by atoms with van der Waals surface area (Å²) < 4.78 is 0. The first-order valence-electron chi connectivity index (χ1n) is 7.31. The first kappa shape index (κ1) is 12.2. The second kappa shape index (κ2) is 5.02. The van der Waals surface area contributed by atoms with E-state index in [2.05, 4.69) is 35.2 Å². The quantitative estimate of drug-likeness (QED) is 0.886. The normalized spacial score (nSPS) is 27.7. The van der Waals surface area contributed by atoms with Gasteiger partial charge < -0.3 is 5.73 Å². The van der Waals surface area contributed by atoms with Gasteiger partial charge in [-0.2, -0.15) is 0 Å². The number of likely N-dealkylation sites (tertiary alicyclic amines) is 1. The highest BCUT2D eigenvalue weighted by Gasteiger charge is 2.45. The summed E-state index contributed by atoms with van der Waals surface area (Å²) in [6.07, 6.45) is 6.47. The van der Waals surface area contributed by atoms with Crippen molar-refractivity contribution in [3.05, 3.63) is 35.9 Å². The average molecular weight is 244 g/mol. The van der Waals surface area contributed by atoms with Gasteiger partial charge in [-0.25, -0.2) is 0 Å². The summed E-state index contributed by atoms with van der Waals surface area (Å²) in [4.78, 5) is 2.60. The summed E-state index contributed by atoms with van der Waals surface area (Å²) in [5.74, 6) is 0.776. The number of hydrogen-bond acceptors (Lipinski definition) is 2. The largest absolute Gasteiger partial charge is 0.325 e. The lowest BCUT2D eigenvalue weighted by Crippen LogP contribution is -2.33. The zero-order chi connectivity index (χ0) is 12.4. The topological polar surface area (TPSA) is 29.3 Å². The maximum atomic E-state index is 6.37. The summed E-state index contributed by atoms with van der Waals surface area (Å²) in [7, 11) is 0. The number of nitrogens with two attached hydrogens (primary N) is 1. The Morgan fingerprint density at radius 3 is 2.61 bits per heavy atom. The minimum absolute atomic E-state index is 0.225. The van der Waals surface area contributed by atoms with Crippen LogP contribution in [0.4, 0.5) is 0 Å². The molecule has 1 atom stereocenters. The van der Waals surface area contributed by atoms with Gasteiger partial charge in [0.2, 0.25) is 0 Å². The van der Waals surface area contributed by atoms with Crippen LogP contribution in [0.15, 0.2) is 30.3 Å². The Balaban J connectivity index is 1.56. The maximum absolute atomic E-state index is 6.37. The van der Waals surface area contributed by atoms with Gasteiger partial charge in [-0.05, 0) is 56.7 Å². The van der Waals surface area contributed by atoms with E-state index in [1.807, 2.05) is 0 Å². The lowest BCUT2D eigenvalue weighted by atomic mass is 9.91. The Kier molecular flexibility index (Phi) is 3.40. The monoisotopic (exact) mass is 244 g/mol. The van der Waals surface area contributed by atoms with Gasteiger partial charge in [-0.3, -0.25) is 4.90 Å². The molecule has 98 valence electrons. The second-order valence-corrected chi connectivity index (χ2v) is 6.12. The summed E-state index contributed by atoms with van der Waals surface area (Å²) in [6, 6.07) is 10.8. The highest BCUT2D eigenvalue weighted by molar-refractivity contribution is 5.14. The maximum Gasteiger partial charge on any atom is 0.0233 e. The molecule has 1 saturated heterocycles. The number of benzene rings is 1. The summed E-state index contributed by atoms with van der Waals surface area (Å²) >= 11 is 0. The molecular formula is C16H24N2. The molecule has 1 aliphatic heterocycles. The fraction of sp³-hybridized carbons (Fsp3) is 0.625. The molecule has 1 aromatic rings. The molecule has 1 aromatic carbocycles. The average Bonchev–Trinajstić information content (AvgIpc) is 3.15. The Hall–Kier alpha value is -0.860. The van der Waals surface area contributed by atoms with Gasteiger partial charge in [0.05, 0.1) is 0 Å². The van der Waals surface area contributed by atoms with Gasteiger partial charge in [0.1, 0.15) is 0 Å². The molecule has 1 saturated carbocycles. The Morgan fingerprint density at radius 2 is 1.89 bits per heavy atom. The molecule has 0 radical (unpaired) electrons. The summed E-state index contributed by atoms with van der Waals surface area (Å²) in [5, 5.41) is 0. The van der Waals surface area contributed by atoms with Crippen LogP contribution in [0.5, 0.6) is 0 Å². The van der Waals surface area contributed by atoms with Crippen LogP contribution in [0, 0.1) is 5.92 Å². The van der Waals surface area contributed by atoms with Crippen molar-refractivity contribution in [2.24, 2.45) is 11.7 Å². The number of rotatable bonds is 3. The van der Waals surface area contributed by atoms with Crippen LogP contribution < -0.4 is 5.73 Å². The van der Waals surface area contributed by atoms with E-state index in [0.29, 0.717) is 0 Å². The van der Waals surface area contributed by atoms with Crippen molar-refractivity contribution in [1.82, 2.24) is 4.90 Å². The molecule has 1 aliphatic carbocycles. The predicted octanol–water partition coefficient (Wildman–Crippen LogP) is 2.78. The van der Waals surface area contributed by atoms with Gasteiger partial charge in [0, 0.05) is 12.1 Å². The van der Waals surface area contributed by atoms with Crippen LogP contribution in [-0.4, -0.2) is 23.5 Å². The second-order valence-electron chi connectivity index (χ2n) is 6.12. The van der Waals surface area contributed by atoms with Crippen LogP contribution in [-0.2, 0) is 6.54 Å². The van der Waals surface area contributed by atoms with Crippen molar-refractivity contribution in [3.8, 4) is 0 Å². The van der Waals surface area contributed by atoms with E-state index in [-0.39, 0.29) is 5.54 Å². The van der Waals surface area contributed by atoms with Crippen LogP contribution in [0.2, 0.25) is 0 Å². The predicted molar refractivity (Wildman–Crippen MR) is 75.2 cm³/mol. The molecule has 0 spiro atoms. The zero-order valence-corrected chi connectivity index (χ0v) is 11.1. The van der Waals surface area contributed by atoms with Crippen molar-refractivity contribution < 1.29 is 0 Å². The van der Waals surface area contributed by atoms with Crippen LogP contribution >= 0.6 is 0 Å². The van der Waals surface area contributed by atoms with E-state index in [0.717, 1.165) is 12.5 Å². The highest BCUT2D eigenvalue weighted by atomic mass is 15.1. The Bertz CT molecular complexity index is 383. The lowest BCUT2D eigenvalue weighted by Gasteiger charge is -2.22. The van der Waals surface area contributed by atoms with E-state index in [4.69, 9.17) is 5.73 Å². The molecule has 0 amide bonds. The van der Waals surface area contributed by atoms with Crippen LogP contribution in [0.25, 0.3) is 0 Å². The molecule has 18 heavy (non-hydrogen) atoms. The number of hydrogen-bond donors (Lipinski definition) is 1. The van der Waals surface area contributed by atoms with Gasteiger partial charge in [0.15, 0.2) is 0 Å². The molecule has 2 fully saturated rings. The SMILES string of the molecule is NC1(C2CCCN(Cc3ccccc3)CC2)CC1. The fourth-order valence-electron chi connectivity index (χ4n) is 3.28. The van der Waals surface area contributed by atoms with Gasteiger partial charge >= 0.3 is 0 Å². The third-order valence-corrected chi connectivity index (χ3v) is 4.71. The molecule has 0 bridgehead atoms.